The fourth-order valence-electron chi connectivity index (χ4n) is 1.50. The lowest BCUT2D eigenvalue weighted by molar-refractivity contribution is 0.749. The van der Waals surface area contributed by atoms with Crippen molar-refractivity contribution in [2.75, 3.05) is 26.2 Å². The van der Waals surface area contributed by atoms with Gasteiger partial charge in [-0.05, 0) is 36.0 Å². The van der Waals surface area contributed by atoms with Crippen LogP contribution in [-0.4, -0.2) is 47.5 Å². The Hall–Kier alpha value is -0.0800. The molecule has 9 heteroatoms. The van der Waals surface area contributed by atoms with Gasteiger partial charge in [0.15, 0.2) is 0 Å². The normalized spacial score (nSPS) is 16.6. The minimum absolute atomic E-state index is 0. The molecule has 19 heavy (non-hydrogen) atoms. The molecule has 0 spiro atoms. The third-order valence-corrected chi connectivity index (χ3v) is 5.57. The summed E-state index contributed by atoms with van der Waals surface area (Å²) in [4.78, 5) is 8.41. The van der Waals surface area contributed by atoms with Crippen LogP contribution in [0.2, 0.25) is 0 Å². The van der Waals surface area contributed by atoms with Gasteiger partial charge in [0.2, 0.25) is 0 Å². The molecule has 0 fully saturated rings. The molecule has 1 aromatic heterocycles. The fraction of sp³-hybridized carbons (Fsp3) is 0.400. The summed E-state index contributed by atoms with van der Waals surface area (Å²) in [5.41, 5.74) is 0. The molecular weight excluding hydrogens is 343 g/mol. The number of halogens is 2. The van der Waals surface area contributed by atoms with E-state index in [1.165, 1.54) is 8.42 Å². The molecule has 0 N–H and O–H groups in total. The van der Waals surface area contributed by atoms with Gasteiger partial charge < -0.3 is 8.61 Å². The molecule has 0 aliphatic carbocycles. The van der Waals surface area contributed by atoms with Gasteiger partial charge in [0.05, 0.1) is 47.3 Å². The van der Waals surface area contributed by atoms with E-state index < -0.39 is 0 Å². The van der Waals surface area contributed by atoms with Gasteiger partial charge in [0.1, 0.15) is 0 Å². The van der Waals surface area contributed by atoms with E-state index in [0.717, 1.165) is 26.2 Å². The van der Waals surface area contributed by atoms with E-state index in [0.29, 0.717) is 0 Å². The van der Waals surface area contributed by atoms with Crippen LogP contribution in [0, 0.1) is 0 Å². The Morgan fingerprint density at radius 2 is 1.37 bits per heavy atom. The van der Waals surface area contributed by atoms with E-state index in [-0.39, 0.29) is 24.8 Å². The largest absolute Gasteiger partial charge is 0.300 e. The summed E-state index contributed by atoms with van der Waals surface area (Å²) in [6.45, 7) is 3.88. The third kappa shape index (κ3) is 4.75. The maximum absolute atomic E-state index is 4.20. The second kappa shape index (κ2) is 8.26. The monoisotopic (exact) mass is 356 g/mol. The van der Waals surface area contributed by atoms with Gasteiger partial charge in [0.25, 0.3) is 0 Å². The van der Waals surface area contributed by atoms with Gasteiger partial charge in [-0.1, -0.05) is 0 Å². The average molecular weight is 357 g/mol. The molecule has 1 aromatic rings. The lowest BCUT2D eigenvalue weighted by Crippen LogP contribution is -2.09. The van der Waals surface area contributed by atoms with Gasteiger partial charge in [0, 0.05) is 0 Å². The van der Waals surface area contributed by atoms with E-state index in [1.807, 2.05) is 24.0 Å². The smallest absolute Gasteiger partial charge is 0.0953 e. The van der Waals surface area contributed by atoms with Crippen molar-refractivity contribution in [3.63, 3.8) is 0 Å². The van der Waals surface area contributed by atoms with Crippen molar-refractivity contribution in [2.45, 2.75) is 8.42 Å². The first-order valence-electron chi connectivity index (χ1n) is 5.39. The van der Waals surface area contributed by atoms with Crippen molar-refractivity contribution >= 4 is 72.7 Å². The number of nitrogens with zero attached hydrogens (tertiary/aromatic N) is 4. The highest BCUT2D eigenvalue weighted by atomic mass is 35.5. The van der Waals surface area contributed by atoms with Crippen LogP contribution >= 0.6 is 60.0 Å². The molecule has 3 heterocycles. The van der Waals surface area contributed by atoms with Crippen LogP contribution in [0.25, 0.3) is 0 Å². The molecule has 0 unspecified atom stereocenters. The van der Waals surface area contributed by atoms with E-state index in [4.69, 9.17) is 0 Å². The van der Waals surface area contributed by atoms with Gasteiger partial charge in [-0.25, -0.2) is 0 Å². The highest BCUT2D eigenvalue weighted by molar-refractivity contribution is 8.01. The molecule has 0 radical (unpaired) electrons. The summed E-state index contributed by atoms with van der Waals surface area (Å²) in [5.74, 6) is 0. The van der Waals surface area contributed by atoms with Gasteiger partial charge >= 0.3 is 0 Å². The van der Waals surface area contributed by atoms with Crippen molar-refractivity contribution in [3.8, 4) is 0 Å². The minimum Gasteiger partial charge on any atom is -0.300 e. The topological polar surface area (TPSA) is 31.2 Å². The Morgan fingerprint density at radius 1 is 0.895 bits per heavy atom. The minimum atomic E-state index is 0. The second-order valence-corrected chi connectivity index (χ2v) is 7.36. The molecule has 106 valence electrons. The second-order valence-electron chi connectivity index (χ2n) is 3.58. The zero-order valence-electron chi connectivity index (χ0n) is 9.97. The van der Waals surface area contributed by atoms with Crippen LogP contribution in [0.4, 0.5) is 0 Å². The predicted octanol–water partition coefficient (Wildman–Crippen LogP) is 3.29. The molecule has 0 aromatic carbocycles. The van der Waals surface area contributed by atoms with Crippen molar-refractivity contribution in [2.24, 2.45) is 9.98 Å². The molecule has 0 bridgehead atoms. The molecule has 2 aliphatic rings. The molecule has 3 rings (SSSR count). The summed E-state index contributed by atoms with van der Waals surface area (Å²) >= 11 is 5.36. The zero-order valence-corrected chi connectivity index (χ0v) is 14.1. The quantitative estimate of drug-likeness (QED) is 0.774. The molecular formula is C10H14Cl2N4S3. The maximum atomic E-state index is 4.20. The lowest BCUT2D eigenvalue weighted by Gasteiger charge is -2.10. The molecule has 0 saturated heterocycles. The van der Waals surface area contributed by atoms with E-state index >= 15 is 0 Å². The predicted molar refractivity (Wildman–Crippen MR) is 90.7 cm³/mol. The van der Waals surface area contributed by atoms with Crippen molar-refractivity contribution in [1.29, 1.82) is 0 Å². The Balaban J connectivity index is 0.000000902. The zero-order chi connectivity index (χ0) is 11.5. The Kier molecular flexibility index (Phi) is 7.38. The van der Waals surface area contributed by atoms with E-state index in [9.17, 15) is 0 Å². The van der Waals surface area contributed by atoms with Crippen LogP contribution in [0.5, 0.6) is 0 Å². The molecule has 4 nitrogen and oxygen atoms in total. The molecule has 0 atom stereocenters. The summed E-state index contributed by atoms with van der Waals surface area (Å²) < 4.78 is 6.99. The van der Waals surface area contributed by atoms with Gasteiger partial charge in [-0.3, -0.25) is 9.98 Å². The number of hydrogen-bond acceptors (Lipinski definition) is 7. The number of aliphatic imine (C=N–C) groups is 2. The Bertz CT molecular complexity index is 413. The van der Waals surface area contributed by atoms with Crippen LogP contribution < -0.4 is 0 Å². The first kappa shape index (κ1) is 17.0. The summed E-state index contributed by atoms with van der Waals surface area (Å²) in [6, 6.07) is 4.36. The van der Waals surface area contributed by atoms with Crippen LogP contribution in [0.15, 0.2) is 30.5 Å². The van der Waals surface area contributed by atoms with Crippen molar-refractivity contribution in [3.05, 3.63) is 12.1 Å². The van der Waals surface area contributed by atoms with E-state index in [1.54, 1.807) is 23.9 Å². The number of hydrogen-bond donors (Lipinski definition) is 0. The summed E-state index contributed by atoms with van der Waals surface area (Å²) in [7, 11) is 0. The SMILES string of the molecule is C1=NCCN1Sc1ccc(SN2C=NCC2)s1.Cl.Cl. The molecule has 0 amide bonds. The van der Waals surface area contributed by atoms with Crippen molar-refractivity contribution in [1.82, 2.24) is 8.61 Å². The van der Waals surface area contributed by atoms with Gasteiger partial charge in [-0.15, -0.1) is 36.2 Å². The Morgan fingerprint density at radius 3 is 1.74 bits per heavy atom. The standard InChI is InChI=1S/C10H12N4S3.2ClH/c1-2-10(17-14-6-4-12-8-14)15-9(1)16-13-5-3-11-7-13;;/h1-2,7-8H,3-6H2;2*1H. The lowest BCUT2D eigenvalue weighted by atomic mass is 10.7. The van der Waals surface area contributed by atoms with Gasteiger partial charge in [-0.2, -0.15) is 0 Å². The first-order valence-corrected chi connectivity index (χ1v) is 7.75. The van der Waals surface area contributed by atoms with Crippen molar-refractivity contribution < 1.29 is 0 Å². The average Bonchev–Trinajstić information content (AvgIpc) is 3.02. The first-order chi connectivity index (χ1) is 8.40. The maximum Gasteiger partial charge on any atom is 0.0953 e. The highest BCUT2D eigenvalue weighted by Gasteiger charge is 2.12. The number of thiophene rings is 1. The summed E-state index contributed by atoms with van der Waals surface area (Å²) in [5, 5.41) is 0. The third-order valence-electron chi connectivity index (χ3n) is 2.29. The molecule has 0 saturated carbocycles. The van der Waals surface area contributed by atoms with Crippen LogP contribution in [0.1, 0.15) is 0 Å². The summed E-state index contributed by atoms with van der Waals surface area (Å²) in [6.07, 6.45) is 3.84. The highest BCUT2D eigenvalue weighted by Crippen LogP contribution is 2.36. The fourth-order valence-corrected chi connectivity index (χ4v) is 4.83. The Labute approximate surface area is 137 Å². The van der Waals surface area contributed by atoms with E-state index in [2.05, 4.69) is 30.7 Å². The van der Waals surface area contributed by atoms with Crippen LogP contribution in [-0.2, 0) is 0 Å². The molecule has 2 aliphatic heterocycles. The van der Waals surface area contributed by atoms with Crippen LogP contribution in [0.3, 0.4) is 0 Å². The number of rotatable bonds is 4.